The smallest absolute Gasteiger partial charge is 0.288 e. The lowest BCUT2D eigenvalue weighted by Gasteiger charge is -2.24. The lowest BCUT2D eigenvalue weighted by Crippen LogP contribution is -2.50. The lowest BCUT2D eigenvalue weighted by molar-refractivity contribution is -0.141. The summed E-state index contributed by atoms with van der Waals surface area (Å²) in [6, 6.07) is 5.73. The molecule has 1 aromatic carbocycles. The minimum atomic E-state index is -0.932. The summed E-state index contributed by atoms with van der Waals surface area (Å²) in [6.45, 7) is 5.28. The molecule has 1 aromatic rings. The fraction of sp³-hybridized carbons (Fsp3) is 0.474. The molecule has 1 aliphatic heterocycles. The van der Waals surface area contributed by atoms with Gasteiger partial charge in [0.2, 0.25) is 17.6 Å². The second-order valence-corrected chi connectivity index (χ2v) is 6.86. The zero-order valence-corrected chi connectivity index (χ0v) is 15.5. The van der Waals surface area contributed by atoms with Crippen LogP contribution >= 0.6 is 0 Å². The van der Waals surface area contributed by atoms with Crippen molar-refractivity contribution in [3.05, 3.63) is 35.4 Å². The minimum absolute atomic E-state index is 0.208. The summed E-state index contributed by atoms with van der Waals surface area (Å²) in [7, 11) is 1.69. The second kappa shape index (κ2) is 8.12. The lowest BCUT2D eigenvalue weighted by atomic mass is 9.99. The number of likely N-dealkylation sites (N-methyl/N-ethyl adjacent to an activating group) is 1. The third-order valence-corrected chi connectivity index (χ3v) is 4.48. The summed E-state index contributed by atoms with van der Waals surface area (Å²) in [5.74, 6) is -2.56. The van der Waals surface area contributed by atoms with Gasteiger partial charge in [0.1, 0.15) is 12.1 Å². The number of nitrogens with one attached hydrogen (secondary N) is 2. The highest BCUT2D eigenvalue weighted by Crippen LogP contribution is 2.24. The number of Topliss-reactive ketones (excluding diaryl/α,β-unsaturated/α-hetero) is 1. The van der Waals surface area contributed by atoms with E-state index in [1.807, 2.05) is 24.3 Å². The van der Waals surface area contributed by atoms with Crippen molar-refractivity contribution >= 4 is 23.5 Å². The number of hydrogen-bond donors (Lipinski definition) is 2. The first kappa shape index (κ1) is 19.6. The summed E-state index contributed by atoms with van der Waals surface area (Å²) in [5.41, 5.74) is 1.76. The molecule has 0 bridgehead atoms. The molecule has 2 rings (SSSR count). The van der Waals surface area contributed by atoms with Crippen molar-refractivity contribution in [2.75, 3.05) is 13.6 Å². The van der Waals surface area contributed by atoms with Crippen LogP contribution in [0.15, 0.2) is 24.3 Å². The van der Waals surface area contributed by atoms with Crippen molar-refractivity contribution in [3.63, 3.8) is 0 Å². The van der Waals surface area contributed by atoms with Crippen LogP contribution in [0.25, 0.3) is 0 Å². The van der Waals surface area contributed by atoms with Gasteiger partial charge in [0, 0.05) is 19.5 Å². The van der Waals surface area contributed by atoms with Gasteiger partial charge in [0.15, 0.2) is 0 Å². The molecule has 7 nitrogen and oxygen atoms in total. The predicted octanol–water partition coefficient (Wildman–Crippen LogP) is 0.588. The number of ketones is 1. The fourth-order valence-corrected chi connectivity index (χ4v) is 2.80. The van der Waals surface area contributed by atoms with Crippen LogP contribution in [-0.4, -0.2) is 48.0 Å². The predicted molar refractivity (Wildman–Crippen MR) is 96.1 cm³/mol. The van der Waals surface area contributed by atoms with Crippen LogP contribution in [0.4, 0.5) is 0 Å². The largest absolute Gasteiger partial charge is 0.343 e. The Morgan fingerprint density at radius 3 is 2.46 bits per heavy atom. The zero-order chi connectivity index (χ0) is 19.4. The van der Waals surface area contributed by atoms with E-state index in [9.17, 15) is 19.2 Å². The molecule has 140 valence electrons. The molecule has 0 radical (unpaired) electrons. The number of benzene rings is 1. The summed E-state index contributed by atoms with van der Waals surface area (Å²) < 4.78 is 0. The highest BCUT2D eigenvalue weighted by molar-refractivity contribution is 6.37. The van der Waals surface area contributed by atoms with Crippen molar-refractivity contribution in [1.29, 1.82) is 0 Å². The molecule has 2 N–H and O–H groups in total. The second-order valence-electron chi connectivity index (χ2n) is 6.86. The van der Waals surface area contributed by atoms with E-state index in [1.54, 1.807) is 25.8 Å². The Labute approximate surface area is 153 Å². The van der Waals surface area contributed by atoms with E-state index in [0.29, 0.717) is 13.0 Å². The Hall–Kier alpha value is -2.70. The van der Waals surface area contributed by atoms with Gasteiger partial charge in [-0.1, -0.05) is 38.1 Å². The molecule has 0 aromatic heterocycles. The van der Waals surface area contributed by atoms with Crippen LogP contribution in [0, 0.1) is 5.92 Å². The average Bonchev–Trinajstić information content (AvgIpc) is 2.73. The molecule has 1 heterocycles. The Morgan fingerprint density at radius 1 is 1.15 bits per heavy atom. The van der Waals surface area contributed by atoms with Crippen LogP contribution < -0.4 is 10.6 Å². The number of fused-ring (bicyclic) bond motifs is 1. The fourth-order valence-electron chi connectivity index (χ4n) is 2.80. The molecular weight excluding hydrogens is 334 g/mol. The number of hydrogen-bond acceptors (Lipinski definition) is 4. The first-order chi connectivity index (χ1) is 12.2. The summed E-state index contributed by atoms with van der Waals surface area (Å²) in [4.78, 5) is 50.3. The molecule has 0 saturated carbocycles. The molecule has 0 spiro atoms. The monoisotopic (exact) mass is 359 g/mol. The van der Waals surface area contributed by atoms with E-state index in [2.05, 4.69) is 10.6 Å². The van der Waals surface area contributed by atoms with Gasteiger partial charge in [-0.15, -0.1) is 0 Å². The third-order valence-electron chi connectivity index (χ3n) is 4.48. The van der Waals surface area contributed by atoms with Crippen LogP contribution in [0.1, 0.15) is 37.9 Å². The molecular formula is C19H25N3O4. The van der Waals surface area contributed by atoms with E-state index in [4.69, 9.17) is 0 Å². The van der Waals surface area contributed by atoms with E-state index in [0.717, 1.165) is 11.1 Å². The van der Waals surface area contributed by atoms with Gasteiger partial charge in [-0.3, -0.25) is 19.2 Å². The molecule has 7 heteroatoms. The number of nitrogens with zero attached hydrogens (tertiary/aromatic N) is 1. The van der Waals surface area contributed by atoms with Gasteiger partial charge in [0.05, 0.1) is 0 Å². The normalized spacial score (nSPS) is 18.0. The highest BCUT2D eigenvalue weighted by Gasteiger charge is 2.32. The molecule has 0 fully saturated rings. The van der Waals surface area contributed by atoms with Crippen molar-refractivity contribution in [3.8, 4) is 0 Å². The van der Waals surface area contributed by atoms with Crippen LogP contribution in [0.5, 0.6) is 0 Å². The molecule has 3 amide bonds. The molecule has 2 atom stereocenters. The molecule has 26 heavy (non-hydrogen) atoms. The van der Waals surface area contributed by atoms with Crippen molar-refractivity contribution in [2.45, 2.75) is 39.3 Å². The van der Waals surface area contributed by atoms with E-state index in [-0.39, 0.29) is 5.91 Å². The minimum Gasteiger partial charge on any atom is -0.343 e. The van der Waals surface area contributed by atoms with Gasteiger partial charge in [-0.25, -0.2) is 0 Å². The van der Waals surface area contributed by atoms with E-state index >= 15 is 0 Å². The average molecular weight is 359 g/mol. The standard InChI is InChI=1S/C19H25N3O4/c1-11(2)16(23)18(25)20-12(3)17(24)21-15-14-8-6-5-7-13(14)9-10-22(4)19(15)26/h5-8,11-12,15H,9-10H2,1-4H3,(H,20,25)(H,21,24)/t12?,15-/m0/s1. The van der Waals surface area contributed by atoms with Gasteiger partial charge < -0.3 is 15.5 Å². The summed E-state index contributed by atoms with van der Waals surface area (Å²) in [5, 5.41) is 5.10. The molecule has 0 saturated heterocycles. The number of carbonyl (C=O) groups is 4. The summed E-state index contributed by atoms with van der Waals surface area (Å²) >= 11 is 0. The third kappa shape index (κ3) is 4.28. The van der Waals surface area contributed by atoms with Crippen molar-refractivity contribution in [1.82, 2.24) is 15.5 Å². The molecule has 1 unspecified atom stereocenters. The molecule has 0 aliphatic carbocycles. The number of amides is 3. The maximum atomic E-state index is 12.7. The van der Waals surface area contributed by atoms with E-state index in [1.165, 1.54) is 6.92 Å². The SMILES string of the molecule is CC(C)C(=O)C(=O)NC(C)C(=O)N[C@@H]1C(=O)N(C)CCc2ccccc21. The topological polar surface area (TPSA) is 95.6 Å². The van der Waals surface area contributed by atoms with Crippen molar-refractivity contribution in [2.24, 2.45) is 5.92 Å². The van der Waals surface area contributed by atoms with Gasteiger partial charge in [0.25, 0.3) is 5.91 Å². The maximum Gasteiger partial charge on any atom is 0.288 e. The van der Waals surface area contributed by atoms with Gasteiger partial charge in [-0.05, 0) is 24.5 Å². The Kier molecular flexibility index (Phi) is 6.13. The Balaban J connectivity index is 2.14. The van der Waals surface area contributed by atoms with Gasteiger partial charge >= 0.3 is 0 Å². The van der Waals surface area contributed by atoms with Crippen LogP contribution in [0.3, 0.4) is 0 Å². The maximum absolute atomic E-state index is 12.7. The first-order valence-corrected chi connectivity index (χ1v) is 8.70. The summed E-state index contributed by atoms with van der Waals surface area (Å²) in [6.07, 6.45) is 0.708. The van der Waals surface area contributed by atoms with Crippen LogP contribution in [-0.2, 0) is 25.6 Å². The Bertz CT molecular complexity index is 729. The number of carbonyl (C=O) groups excluding carboxylic acids is 4. The van der Waals surface area contributed by atoms with Crippen LogP contribution in [0.2, 0.25) is 0 Å². The first-order valence-electron chi connectivity index (χ1n) is 8.70. The Morgan fingerprint density at radius 2 is 1.81 bits per heavy atom. The van der Waals surface area contributed by atoms with Gasteiger partial charge in [-0.2, -0.15) is 0 Å². The molecule has 1 aliphatic rings. The van der Waals surface area contributed by atoms with E-state index < -0.39 is 35.6 Å². The number of rotatable bonds is 5. The quantitative estimate of drug-likeness (QED) is 0.752. The highest BCUT2D eigenvalue weighted by atomic mass is 16.2. The van der Waals surface area contributed by atoms with Crippen molar-refractivity contribution < 1.29 is 19.2 Å². The zero-order valence-electron chi connectivity index (χ0n) is 15.5.